The molecule has 0 saturated carbocycles. The molecule has 3 rings (SSSR count). The van der Waals surface area contributed by atoms with E-state index in [1.807, 2.05) is 0 Å². The Hall–Kier alpha value is -1.99. The minimum atomic E-state index is -0.581. The molecule has 27 heavy (non-hydrogen) atoms. The Morgan fingerprint density at radius 1 is 1.07 bits per heavy atom. The number of carbonyl (C=O) groups is 3. The predicted octanol–water partition coefficient (Wildman–Crippen LogP) is 5.32. The number of benzene rings is 2. The van der Waals surface area contributed by atoms with Crippen molar-refractivity contribution in [3.05, 3.63) is 68.0 Å². The van der Waals surface area contributed by atoms with Crippen molar-refractivity contribution in [2.24, 2.45) is 0 Å². The summed E-state index contributed by atoms with van der Waals surface area (Å²) in [5.41, 5.74) is 0.910. The molecule has 1 aliphatic heterocycles. The first-order valence-electron chi connectivity index (χ1n) is 7.60. The molecule has 1 heterocycles. The highest BCUT2D eigenvalue weighted by Gasteiger charge is 2.36. The number of rotatable bonds is 4. The van der Waals surface area contributed by atoms with Gasteiger partial charge >= 0.3 is 0 Å². The van der Waals surface area contributed by atoms with Crippen LogP contribution in [0, 0.1) is 0 Å². The van der Waals surface area contributed by atoms with Crippen molar-refractivity contribution in [2.45, 2.75) is 0 Å². The van der Waals surface area contributed by atoms with Gasteiger partial charge in [0.15, 0.2) is 0 Å². The van der Waals surface area contributed by atoms with Crippen LogP contribution in [0.25, 0.3) is 6.08 Å². The quantitative estimate of drug-likeness (QED) is 0.652. The lowest BCUT2D eigenvalue weighted by Crippen LogP contribution is -2.36. The maximum Gasteiger partial charge on any atom is 0.294 e. The highest BCUT2D eigenvalue weighted by Crippen LogP contribution is 2.35. The Morgan fingerprint density at radius 2 is 1.74 bits per heavy atom. The molecule has 1 aliphatic rings. The fraction of sp³-hybridized carbons (Fsp3) is 0.0556. The number of carbonyl (C=O) groups excluding carboxylic acids is 3. The topological polar surface area (TPSA) is 66.5 Å². The van der Waals surface area contributed by atoms with Crippen molar-refractivity contribution in [3.8, 4) is 0 Å². The van der Waals surface area contributed by atoms with Crippen molar-refractivity contribution >= 4 is 75.4 Å². The van der Waals surface area contributed by atoms with E-state index in [0.29, 0.717) is 26.3 Å². The molecule has 1 saturated heterocycles. The van der Waals surface area contributed by atoms with Crippen molar-refractivity contribution in [1.82, 2.24) is 4.90 Å². The maximum absolute atomic E-state index is 12.5. The van der Waals surface area contributed by atoms with Crippen molar-refractivity contribution < 1.29 is 14.4 Å². The fourth-order valence-corrected chi connectivity index (χ4v) is 3.84. The van der Waals surface area contributed by atoms with E-state index in [0.717, 1.165) is 16.7 Å². The number of nitrogens with zero attached hydrogens (tertiary/aromatic N) is 1. The van der Waals surface area contributed by atoms with Gasteiger partial charge in [-0.05, 0) is 48.2 Å². The molecule has 0 spiro atoms. The first-order chi connectivity index (χ1) is 12.8. The normalized spacial score (nSPS) is 15.5. The highest BCUT2D eigenvalue weighted by molar-refractivity contribution is 8.18. The summed E-state index contributed by atoms with van der Waals surface area (Å²) in [5.74, 6) is -1.10. The number of hydrogen-bond donors (Lipinski definition) is 1. The second kappa shape index (κ2) is 8.35. The lowest BCUT2D eigenvalue weighted by atomic mass is 10.2. The molecule has 2 aromatic carbocycles. The van der Waals surface area contributed by atoms with Crippen molar-refractivity contribution in [2.75, 3.05) is 11.9 Å². The van der Waals surface area contributed by atoms with E-state index >= 15 is 0 Å². The van der Waals surface area contributed by atoms with Crippen molar-refractivity contribution in [1.29, 1.82) is 0 Å². The molecule has 2 aromatic rings. The van der Waals surface area contributed by atoms with Gasteiger partial charge in [-0.1, -0.05) is 46.9 Å². The third kappa shape index (κ3) is 4.65. The van der Waals surface area contributed by atoms with Crippen LogP contribution in [0.1, 0.15) is 5.56 Å². The summed E-state index contributed by atoms with van der Waals surface area (Å²) in [4.78, 5) is 37.9. The van der Waals surface area contributed by atoms with Crippen LogP contribution >= 0.6 is 46.6 Å². The van der Waals surface area contributed by atoms with Gasteiger partial charge in [0.2, 0.25) is 5.91 Å². The van der Waals surface area contributed by atoms with Gasteiger partial charge in [-0.3, -0.25) is 19.3 Å². The number of anilines is 1. The van der Waals surface area contributed by atoms with Crippen LogP contribution in [0.5, 0.6) is 0 Å². The van der Waals surface area contributed by atoms with E-state index in [1.165, 1.54) is 6.08 Å². The molecule has 0 atom stereocenters. The molecule has 0 aromatic heterocycles. The fourth-order valence-electron chi connectivity index (χ4n) is 2.33. The van der Waals surface area contributed by atoms with Gasteiger partial charge in [0.05, 0.1) is 4.91 Å². The average Bonchev–Trinajstić information content (AvgIpc) is 2.86. The summed E-state index contributed by atoms with van der Waals surface area (Å²) in [6, 6.07) is 11.5. The first kappa shape index (κ1) is 19.8. The first-order valence-corrected chi connectivity index (χ1v) is 9.55. The molecule has 3 amide bonds. The van der Waals surface area contributed by atoms with Gasteiger partial charge < -0.3 is 5.32 Å². The van der Waals surface area contributed by atoms with Crippen LogP contribution in [-0.4, -0.2) is 28.5 Å². The Bertz CT molecular complexity index is 958. The van der Waals surface area contributed by atoms with E-state index in [9.17, 15) is 14.4 Å². The van der Waals surface area contributed by atoms with Gasteiger partial charge in [-0.2, -0.15) is 0 Å². The Balaban J connectivity index is 1.74. The second-order valence-corrected chi connectivity index (χ2v) is 7.71. The smallest absolute Gasteiger partial charge is 0.294 e. The van der Waals surface area contributed by atoms with Crippen LogP contribution < -0.4 is 5.32 Å². The molecule has 9 heteroatoms. The minimum absolute atomic E-state index is 0.144. The third-order valence-corrected chi connectivity index (χ3v) is 5.36. The van der Waals surface area contributed by atoms with Gasteiger partial charge in [0.25, 0.3) is 11.1 Å². The molecule has 1 N–H and O–H groups in total. The molecule has 138 valence electrons. The summed E-state index contributed by atoms with van der Waals surface area (Å²) in [7, 11) is 0. The summed E-state index contributed by atoms with van der Waals surface area (Å²) in [6.45, 7) is -0.412. The second-order valence-electron chi connectivity index (χ2n) is 5.46. The molecule has 5 nitrogen and oxygen atoms in total. The monoisotopic (exact) mass is 440 g/mol. The minimum Gasteiger partial charge on any atom is -0.324 e. The average molecular weight is 442 g/mol. The van der Waals surface area contributed by atoms with Crippen LogP contribution in [0.3, 0.4) is 0 Å². The molecular formula is C18H11Cl3N2O3S. The highest BCUT2D eigenvalue weighted by atomic mass is 35.5. The standard InChI is InChI=1S/C18H11Cl3N2O3S/c19-10-3-1-4-11(7-10)22-16(24)9-23-17(25)15(27-18(23)26)8-12-13(20)5-2-6-14(12)21/h1-8H,9H2,(H,22,24)/b15-8+. The summed E-state index contributed by atoms with van der Waals surface area (Å²) < 4.78 is 0. The molecule has 0 radical (unpaired) electrons. The Kier molecular flexibility index (Phi) is 6.11. The van der Waals surface area contributed by atoms with Gasteiger partial charge in [0.1, 0.15) is 6.54 Å². The predicted molar refractivity (Wildman–Crippen MR) is 109 cm³/mol. The van der Waals surface area contributed by atoms with E-state index in [2.05, 4.69) is 5.32 Å². The zero-order chi connectivity index (χ0) is 19.6. The van der Waals surface area contributed by atoms with Crippen LogP contribution in [0.4, 0.5) is 10.5 Å². The van der Waals surface area contributed by atoms with Gasteiger partial charge in [-0.25, -0.2) is 0 Å². The number of imide groups is 1. The number of thioether (sulfide) groups is 1. The van der Waals surface area contributed by atoms with E-state index in [1.54, 1.807) is 42.5 Å². The largest absolute Gasteiger partial charge is 0.324 e. The molecular weight excluding hydrogens is 431 g/mol. The summed E-state index contributed by atoms with van der Waals surface area (Å²) in [6.07, 6.45) is 1.45. The molecule has 0 unspecified atom stereocenters. The lowest BCUT2D eigenvalue weighted by molar-refractivity contribution is -0.127. The van der Waals surface area contributed by atoms with Crippen LogP contribution in [0.15, 0.2) is 47.4 Å². The van der Waals surface area contributed by atoms with Crippen molar-refractivity contribution in [3.63, 3.8) is 0 Å². The number of halogens is 3. The molecule has 0 aliphatic carbocycles. The Labute approximate surface area is 174 Å². The summed E-state index contributed by atoms with van der Waals surface area (Å²) in [5, 5.41) is 3.21. The SMILES string of the molecule is O=C(CN1C(=O)S/C(=C/c2c(Cl)cccc2Cl)C1=O)Nc1cccc(Cl)c1. The summed E-state index contributed by atoms with van der Waals surface area (Å²) >= 11 is 18.8. The number of hydrogen-bond acceptors (Lipinski definition) is 4. The third-order valence-electron chi connectivity index (χ3n) is 3.56. The van der Waals surface area contributed by atoms with E-state index in [-0.39, 0.29) is 4.91 Å². The number of amides is 3. The molecule has 0 bridgehead atoms. The zero-order valence-electron chi connectivity index (χ0n) is 13.5. The zero-order valence-corrected chi connectivity index (χ0v) is 16.6. The Morgan fingerprint density at radius 3 is 2.41 bits per heavy atom. The van der Waals surface area contributed by atoms with E-state index < -0.39 is 23.6 Å². The van der Waals surface area contributed by atoms with Gasteiger partial charge in [0, 0.05) is 26.3 Å². The maximum atomic E-state index is 12.5. The van der Waals surface area contributed by atoms with Crippen LogP contribution in [-0.2, 0) is 9.59 Å². The lowest BCUT2D eigenvalue weighted by Gasteiger charge is -2.12. The van der Waals surface area contributed by atoms with Crippen LogP contribution in [0.2, 0.25) is 15.1 Å². The van der Waals surface area contributed by atoms with E-state index in [4.69, 9.17) is 34.8 Å². The molecule has 1 fully saturated rings. The van der Waals surface area contributed by atoms with Gasteiger partial charge in [-0.15, -0.1) is 0 Å². The number of nitrogens with one attached hydrogen (secondary N) is 1.